The Balaban J connectivity index is 1.55. The van der Waals surface area contributed by atoms with Crippen LogP contribution in [0.2, 0.25) is 0 Å². The van der Waals surface area contributed by atoms with Crippen molar-refractivity contribution in [3.8, 4) is 5.75 Å². The Labute approximate surface area is 200 Å². The normalized spacial score (nSPS) is 12.0. The minimum Gasteiger partial charge on any atom is -0.497 e. The third-order valence-corrected chi connectivity index (χ3v) is 6.11. The fraction of sp³-hybridized carbons (Fsp3) is 0.107. The van der Waals surface area contributed by atoms with Crippen LogP contribution in [-0.2, 0) is 11.2 Å². The third-order valence-electron chi connectivity index (χ3n) is 6.11. The molecule has 4 aromatic carbocycles. The zero-order valence-corrected chi connectivity index (χ0v) is 18.9. The molecular formula is C28H22N2O5. The van der Waals surface area contributed by atoms with Crippen LogP contribution in [0, 0.1) is 0 Å². The van der Waals surface area contributed by atoms with E-state index in [2.05, 4.69) is 5.32 Å². The number of hydrogen-bond acceptors (Lipinski definition) is 5. The molecule has 3 N–H and O–H groups in total. The van der Waals surface area contributed by atoms with E-state index < -0.39 is 23.5 Å². The van der Waals surface area contributed by atoms with Gasteiger partial charge in [0.1, 0.15) is 17.4 Å². The topological polar surface area (TPSA) is 112 Å². The van der Waals surface area contributed by atoms with Crippen molar-refractivity contribution in [3.63, 3.8) is 0 Å². The van der Waals surface area contributed by atoms with Gasteiger partial charge >= 0.3 is 5.63 Å². The summed E-state index contributed by atoms with van der Waals surface area (Å²) in [4.78, 5) is 38.2. The number of hydrogen-bond donors (Lipinski definition) is 2. The molecule has 1 aromatic heterocycles. The van der Waals surface area contributed by atoms with Crippen LogP contribution >= 0.6 is 0 Å². The van der Waals surface area contributed by atoms with Gasteiger partial charge in [-0.15, -0.1) is 0 Å². The SMILES string of the molecule is COc1ccc2c(C[C@@H](NC(=O)c3c4ccccc4cc4ccccc34)C(N)=O)cc(=O)oc2c1. The molecule has 0 saturated heterocycles. The molecule has 0 fully saturated rings. The van der Waals surface area contributed by atoms with E-state index in [4.69, 9.17) is 14.9 Å². The lowest BCUT2D eigenvalue weighted by molar-refractivity contribution is -0.119. The van der Waals surface area contributed by atoms with E-state index >= 15 is 0 Å². The Hall–Kier alpha value is -4.65. The van der Waals surface area contributed by atoms with Crippen LogP contribution in [0.3, 0.4) is 0 Å². The molecule has 0 bridgehead atoms. The van der Waals surface area contributed by atoms with Gasteiger partial charge < -0.3 is 20.2 Å². The van der Waals surface area contributed by atoms with Gasteiger partial charge in [-0.2, -0.15) is 0 Å². The second-order valence-electron chi connectivity index (χ2n) is 8.28. The summed E-state index contributed by atoms with van der Waals surface area (Å²) in [5, 5.41) is 6.78. The lowest BCUT2D eigenvalue weighted by Crippen LogP contribution is -2.46. The number of methoxy groups -OCH3 is 1. The predicted molar refractivity (Wildman–Crippen MR) is 135 cm³/mol. The average Bonchev–Trinajstić information content (AvgIpc) is 2.86. The maximum atomic E-state index is 13.6. The van der Waals surface area contributed by atoms with Crippen molar-refractivity contribution in [1.82, 2.24) is 5.32 Å². The highest BCUT2D eigenvalue weighted by Gasteiger charge is 2.23. The fourth-order valence-electron chi connectivity index (χ4n) is 4.44. The van der Waals surface area contributed by atoms with E-state index in [9.17, 15) is 14.4 Å². The van der Waals surface area contributed by atoms with E-state index in [1.165, 1.54) is 13.2 Å². The number of benzene rings is 4. The van der Waals surface area contributed by atoms with Crippen molar-refractivity contribution < 1.29 is 18.7 Å². The quantitative estimate of drug-likeness (QED) is 0.291. The van der Waals surface area contributed by atoms with Crippen LogP contribution in [-0.4, -0.2) is 25.0 Å². The summed E-state index contributed by atoms with van der Waals surface area (Å²) in [7, 11) is 1.51. The number of carbonyl (C=O) groups is 2. The van der Waals surface area contributed by atoms with Crippen LogP contribution in [0.4, 0.5) is 0 Å². The Morgan fingerprint density at radius 3 is 2.20 bits per heavy atom. The smallest absolute Gasteiger partial charge is 0.336 e. The van der Waals surface area contributed by atoms with E-state index in [1.54, 1.807) is 18.2 Å². The summed E-state index contributed by atoms with van der Waals surface area (Å²) in [6.07, 6.45) is 0.0260. The Morgan fingerprint density at radius 2 is 1.57 bits per heavy atom. The van der Waals surface area contributed by atoms with Crippen molar-refractivity contribution in [1.29, 1.82) is 0 Å². The zero-order valence-electron chi connectivity index (χ0n) is 18.9. The number of carbonyl (C=O) groups excluding carboxylic acids is 2. The van der Waals surface area contributed by atoms with Gasteiger partial charge in [0.2, 0.25) is 5.91 Å². The summed E-state index contributed by atoms with van der Waals surface area (Å²) in [5.41, 5.74) is 6.43. The molecule has 0 spiro atoms. The molecule has 0 aliphatic rings. The number of rotatable bonds is 6. The van der Waals surface area contributed by atoms with Gasteiger partial charge in [-0.1, -0.05) is 48.5 Å². The van der Waals surface area contributed by atoms with Crippen LogP contribution in [0.15, 0.2) is 88.1 Å². The third kappa shape index (κ3) is 4.19. The largest absolute Gasteiger partial charge is 0.497 e. The van der Waals surface area contributed by atoms with Gasteiger partial charge in [-0.05, 0) is 45.3 Å². The van der Waals surface area contributed by atoms with Crippen LogP contribution < -0.4 is 21.4 Å². The summed E-state index contributed by atoms with van der Waals surface area (Å²) in [5.74, 6) is -0.603. The highest BCUT2D eigenvalue weighted by atomic mass is 16.5. The lowest BCUT2D eigenvalue weighted by Gasteiger charge is -2.18. The molecule has 7 nitrogen and oxygen atoms in total. The number of primary amides is 1. The molecular weight excluding hydrogens is 444 g/mol. The summed E-state index contributed by atoms with van der Waals surface area (Å²) < 4.78 is 10.5. The van der Waals surface area contributed by atoms with Gasteiger partial charge in [0.05, 0.1) is 12.7 Å². The molecule has 0 aliphatic carbocycles. The highest BCUT2D eigenvalue weighted by molar-refractivity contribution is 6.18. The Morgan fingerprint density at radius 1 is 0.914 bits per heavy atom. The molecule has 0 saturated carbocycles. The highest BCUT2D eigenvalue weighted by Crippen LogP contribution is 2.29. The number of fused-ring (bicyclic) bond motifs is 3. The van der Waals surface area contributed by atoms with Crippen molar-refractivity contribution in [2.45, 2.75) is 12.5 Å². The minimum absolute atomic E-state index is 0.0260. The first-order chi connectivity index (χ1) is 16.9. The van der Waals surface area contributed by atoms with Gasteiger partial charge in [0, 0.05) is 23.9 Å². The predicted octanol–water partition coefficient (Wildman–Crippen LogP) is 3.93. The van der Waals surface area contributed by atoms with Gasteiger partial charge in [-0.25, -0.2) is 4.79 Å². The molecule has 1 heterocycles. The first kappa shape index (κ1) is 22.2. The average molecular weight is 466 g/mol. The lowest BCUT2D eigenvalue weighted by atomic mass is 9.95. The molecule has 0 unspecified atom stereocenters. The zero-order chi connectivity index (χ0) is 24.5. The molecule has 5 rings (SSSR count). The maximum Gasteiger partial charge on any atom is 0.336 e. The molecule has 0 aliphatic heterocycles. The number of nitrogens with one attached hydrogen (secondary N) is 1. The molecule has 174 valence electrons. The summed E-state index contributed by atoms with van der Waals surface area (Å²) >= 11 is 0. The van der Waals surface area contributed by atoms with Crippen molar-refractivity contribution in [2.24, 2.45) is 5.73 Å². The van der Waals surface area contributed by atoms with Crippen LogP contribution in [0.1, 0.15) is 15.9 Å². The fourth-order valence-corrected chi connectivity index (χ4v) is 4.44. The van der Waals surface area contributed by atoms with E-state index in [-0.39, 0.29) is 6.42 Å². The standard InChI is InChI=1S/C28H22N2O5/c1-34-19-10-11-20-18(14-25(31)35-24(20)15-19)13-23(27(29)32)30-28(33)26-21-8-4-2-6-16(21)12-17-7-3-5-9-22(17)26/h2-12,14-15,23H,13H2,1H3,(H2,29,32)(H,30,33)/t23-/m1/s1. The first-order valence-electron chi connectivity index (χ1n) is 11.1. The summed E-state index contributed by atoms with van der Waals surface area (Å²) in [6.45, 7) is 0. The first-order valence-corrected chi connectivity index (χ1v) is 11.1. The number of amides is 2. The van der Waals surface area contributed by atoms with Crippen LogP contribution in [0.25, 0.3) is 32.5 Å². The van der Waals surface area contributed by atoms with Gasteiger partial charge in [0.25, 0.3) is 5.91 Å². The van der Waals surface area contributed by atoms with Gasteiger partial charge in [0.15, 0.2) is 0 Å². The van der Waals surface area contributed by atoms with Crippen molar-refractivity contribution >= 4 is 44.3 Å². The van der Waals surface area contributed by atoms with E-state index in [0.29, 0.717) is 27.8 Å². The van der Waals surface area contributed by atoms with E-state index in [0.717, 1.165) is 21.5 Å². The van der Waals surface area contributed by atoms with Crippen molar-refractivity contribution in [3.05, 3.63) is 100 Å². The van der Waals surface area contributed by atoms with Gasteiger partial charge in [-0.3, -0.25) is 9.59 Å². The summed E-state index contributed by atoms with van der Waals surface area (Å²) in [6, 6.07) is 22.5. The van der Waals surface area contributed by atoms with Crippen molar-refractivity contribution in [2.75, 3.05) is 7.11 Å². The van der Waals surface area contributed by atoms with E-state index in [1.807, 2.05) is 54.6 Å². The Kier molecular flexibility index (Phi) is 5.66. The molecule has 2 amide bonds. The maximum absolute atomic E-state index is 13.6. The molecule has 5 aromatic rings. The molecule has 7 heteroatoms. The second kappa shape index (κ2) is 8.95. The number of nitrogens with two attached hydrogens (primary N) is 1. The molecule has 1 atom stereocenters. The molecule has 0 radical (unpaired) electrons. The molecule has 35 heavy (non-hydrogen) atoms. The Bertz CT molecular complexity index is 1620. The van der Waals surface area contributed by atoms with Crippen LogP contribution in [0.5, 0.6) is 5.75 Å². The minimum atomic E-state index is -1.05. The second-order valence-corrected chi connectivity index (χ2v) is 8.28. The number of ether oxygens (including phenoxy) is 1. The monoisotopic (exact) mass is 466 g/mol.